The first kappa shape index (κ1) is 16.5. The summed E-state index contributed by atoms with van der Waals surface area (Å²) in [4.78, 5) is 27.7. The first-order valence-electron chi connectivity index (χ1n) is 6.11. The lowest BCUT2D eigenvalue weighted by molar-refractivity contribution is -0.117. The molecule has 2 aromatic rings. The van der Waals surface area contributed by atoms with Gasteiger partial charge in [-0.3, -0.25) is 9.59 Å². The number of nitrogens with zero attached hydrogens (tertiary/aromatic N) is 2. The van der Waals surface area contributed by atoms with Crippen LogP contribution in [0, 0.1) is 0 Å². The number of amides is 1. The van der Waals surface area contributed by atoms with Crippen LogP contribution in [0.5, 0.6) is 0 Å². The maximum atomic E-state index is 12.1. The number of carbonyl (C=O) groups is 2. The second-order valence-electron chi connectivity index (χ2n) is 4.13. The molecule has 0 unspecified atom stereocenters. The van der Waals surface area contributed by atoms with Crippen molar-refractivity contribution in [1.29, 1.82) is 0 Å². The van der Waals surface area contributed by atoms with Crippen LogP contribution >= 0.6 is 46.3 Å². The largest absolute Gasteiger partial charge is 0.273 e. The molecule has 8 heteroatoms. The van der Waals surface area contributed by atoms with Gasteiger partial charge in [0.1, 0.15) is 4.67 Å². The fourth-order valence-corrected chi connectivity index (χ4v) is 3.26. The minimum Gasteiger partial charge on any atom is -0.273 e. The molecule has 1 aromatic heterocycles. The minimum absolute atomic E-state index is 0.145. The van der Waals surface area contributed by atoms with Crippen molar-refractivity contribution in [2.75, 3.05) is 11.8 Å². The van der Waals surface area contributed by atoms with Gasteiger partial charge in [-0.1, -0.05) is 11.6 Å². The molecule has 1 aromatic carbocycles. The van der Waals surface area contributed by atoms with E-state index < -0.39 is 0 Å². The predicted molar refractivity (Wildman–Crippen MR) is 86.7 cm³/mol. The third-order valence-corrected chi connectivity index (χ3v) is 4.34. The van der Waals surface area contributed by atoms with Gasteiger partial charge >= 0.3 is 0 Å². The highest BCUT2D eigenvalue weighted by Crippen LogP contribution is 2.20. The van der Waals surface area contributed by atoms with Crippen LogP contribution in [-0.4, -0.2) is 27.5 Å². The van der Waals surface area contributed by atoms with Crippen LogP contribution in [0.4, 0.5) is 0 Å². The molecule has 0 radical (unpaired) electrons. The summed E-state index contributed by atoms with van der Waals surface area (Å²) in [5.41, 5.74) is 0.664. The molecule has 1 heterocycles. The second-order valence-corrected chi connectivity index (χ2v) is 6.26. The summed E-state index contributed by atoms with van der Waals surface area (Å²) >= 11 is 18.2. The van der Waals surface area contributed by atoms with Crippen molar-refractivity contribution in [3.05, 3.63) is 27.9 Å². The van der Waals surface area contributed by atoms with E-state index in [-0.39, 0.29) is 36.4 Å². The topological polar surface area (TPSA) is 51.4 Å². The van der Waals surface area contributed by atoms with Crippen molar-refractivity contribution >= 4 is 69.1 Å². The number of halogens is 3. The molecule has 0 saturated heterocycles. The van der Waals surface area contributed by atoms with Crippen LogP contribution in [-0.2, 0) is 4.79 Å². The number of benzene rings is 1. The number of rotatable bonds is 4. The average Bonchev–Trinajstić information content (AvgIpc) is 2.77. The van der Waals surface area contributed by atoms with Gasteiger partial charge < -0.3 is 0 Å². The lowest BCUT2D eigenvalue weighted by Crippen LogP contribution is -2.08. The Kier molecular flexibility index (Phi) is 5.81. The quantitative estimate of drug-likeness (QED) is 0.776. The van der Waals surface area contributed by atoms with E-state index in [1.807, 2.05) is 0 Å². The van der Waals surface area contributed by atoms with E-state index >= 15 is 0 Å². The molecular formula is C13H11Cl3N2O2S. The number of hydrogen-bond acceptors (Lipinski definition) is 3. The standard InChI is InChI=1S/C13H11Cl3N2O2S/c14-5-3-11(19)17-13-9-7-8(16)1-2-10(9)18(21-13)12(20)4-6-15/h1-2,7H,3-6H2. The van der Waals surface area contributed by atoms with Gasteiger partial charge in [-0.25, -0.2) is 8.95 Å². The monoisotopic (exact) mass is 364 g/mol. The van der Waals surface area contributed by atoms with Crippen molar-refractivity contribution in [1.82, 2.24) is 3.96 Å². The van der Waals surface area contributed by atoms with Gasteiger partial charge in [-0.2, -0.15) is 0 Å². The van der Waals surface area contributed by atoms with Crippen LogP contribution in [0.25, 0.3) is 10.9 Å². The van der Waals surface area contributed by atoms with Crippen molar-refractivity contribution in [2.24, 2.45) is 4.99 Å². The van der Waals surface area contributed by atoms with E-state index in [1.54, 1.807) is 18.2 Å². The van der Waals surface area contributed by atoms with Gasteiger partial charge in [-0.15, -0.1) is 23.2 Å². The Morgan fingerprint density at radius 1 is 1.19 bits per heavy atom. The van der Waals surface area contributed by atoms with E-state index in [0.29, 0.717) is 20.6 Å². The zero-order chi connectivity index (χ0) is 15.4. The third-order valence-electron chi connectivity index (χ3n) is 2.66. The number of hydrogen-bond donors (Lipinski definition) is 0. The summed E-state index contributed by atoms with van der Waals surface area (Å²) < 4.78 is 1.94. The van der Waals surface area contributed by atoms with E-state index in [4.69, 9.17) is 34.8 Å². The molecule has 2 rings (SSSR count). The Bertz CT molecular complexity index is 751. The summed E-state index contributed by atoms with van der Waals surface area (Å²) in [6.07, 6.45) is 0.358. The summed E-state index contributed by atoms with van der Waals surface area (Å²) in [5, 5.41) is 1.18. The Balaban J connectivity index is 2.63. The van der Waals surface area contributed by atoms with Gasteiger partial charge in [0, 0.05) is 35.0 Å². The molecule has 0 fully saturated rings. The molecule has 0 saturated carbocycles. The zero-order valence-corrected chi connectivity index (χ0v) is 13.9. The molecule has 0 aliphatic rings. The van der Waals surface area contributed by atoms with E-state index in [9.17, 15) is 9.59 Å². The lowest BCUT2D eigenvalue weighted by atomic mass is 10.2. The zero-order valence-electron chi connectivity index (χ0n) is 10.8. The normalized spacial score (nSPS) is 12.0. The number of fused-ring (bicyclic) bond motifs is 1. The molecule has 21 heavy (non-hydrogen) atoms. The molecule has 0 aliphatic heterocycles. The number of alkyl halides is 2. The number of aromatic nitrogens is 1. The van der Waals surface area contributed by atoms with Gasteiger partial charge in [0.05, 0.1) is 5.52 Å². The molecule has 4 nitrogen and oxygen atoms in total. The molecule has 112 valence electrons. The highest BCUT2D eigenvalue weighted by atomic mass is 35.5. The molecule has 0 bridgehead atoms. The Hall–Kier alpha value is -0.880. The maximum Gasteiger partial charge on any atom is 0.248 e. The van der Waals surface area contributed by atoms with E-state index in [0.717, 1.165) is 11.5 Å². The number of carbonyl (C=O) groups excluding carboxylic acids is 2. The van der Waals surface area contributed by atoms with Gasteiger partial charge in [-0.05, 0) is 29.7 Å². The minimum atomic E-state index is -0.329. The molecule has 0 N–H and O–H groups in total. The lowest BCUT2D eigenvalue weighted by Gasteiger charge is -2.00. The van der Waals surface area contributed by atoms with Crippen molar-refractivity contribution in [3.63, 3.8) is 0 Å². The van der Waals surface area contributed by atoms with Crippen molar-refractivity contribution < 1.29 is 9.59 Å². The van der Waals surface area contributed by atoms with Gasteiger partial charge in [0.25, 0.3) is 0 Å². The molecule has 0 spiro atoms. The fourth-order valence-electron chi connectivity index (χ4n) is 1.74. The average molecular weight is 366 g/mol. The molecular weight excluding hydrogens is 355 g/mol. The third kappa shape index (κ3) is 3.86. The molecule has 0 atom stereocenters. The van der Waals surface area contributed by atoms with Gasteiger partial charge in [0.15, 0.2) is 0 Å². The van der Waals surface area contributed by atoms with Crippen LogP contribution < -0.4 is 4.67 Å². The smallest absolute Gasteiger partial charge is 0.248 e. The summed E-state index contributed by atoms with van der Waals surface area (Å²) in [6.45, 7) is 0. The van der Waals surface area contributed by atoms with Crippen molar-refractivity contribution in [3.8, 4) is 0 Å². The van der Waals surface area contributed by atoms with Crippen LogP contribution in [0.15, 0.2) is 23.2 Å². The SMILES string of the molecule is O=C(CCCl)N=c1sn(C(=O)CCCl)c2ccc(Cl)cc12. The van der Waals surface area contributed by atoms with Crippen molar-refractivity contribution in [2.45, 2.75) is 12.8 Å². The first-order valence-corrected chi connectivity index (χ1v) is 8.33. The summed E-state index contributed by atoms with van der Waals surface area (Å²) in [7, 11) is 0. The Morgan fingerprint density at radius 2 is 1.90 bits per heavy atom. The fraction of sp³-hybridized carbons (Fsp3) is 0.308. The van der Waals surface area contributed by atoms with E-state index in [1.165, 1.54) is 3.96 Å². The first-order chi connectivity index (χ1) is 10.1. The summed E-state index contributed by atoms with van der Waals surface area (Å²) in [6, 6.07) is 5.10. The van der Waals surface area contributed by atoms with Crippen LogP contribution in [0.2, 0.25) is 5.02 Å². The second kappa shape index (κ2) is 7.40. The summed E-state index contributed by atoms with van der Waals surface area (Å²) in [5.74, 6) is -0.0349. The van der Waals surface area contributed by atoms with Crippen LogP contribution in [0.1, 0.15) is 17.6 Å². The highest BCUT2D eigenvalue weighted by molar-refractivity contribution is 7.06. The van der Waals surface area contributed by atoms with E-state index in [2.05, 4.69) is 4.99 Å². The maximum absolute atomic E-state index is 12.1. The van der Waals surface area contributed by atoms with Crippen LogP contribution in [0.3, 0.4) is 0 Å². The predicted octanol–water partition coefficient (Wildman–Crippen LogP) is 3.68. The van der Waals surface area contributed by atoms with Gasteiger partial charge in [0.2, 0.25) is 11.8 Å². The highest BCUT2D eigenvalue weighted by Gasteiger charge is 2.13. The Morgan fingerprint density at radius 3 is 2.57 bits per heavy atom. The molecule has 0 aliphatic carbocycles. The molecule has 1 amide bonds. The Labute approximate surface area is 140 Å².